The normalized spacial score (nSPS) is 22.3. The van der Waals surface area contributed by atoms with Gasteiger partial charge in [0.25, 0.3) is 0 Å². The predicted molar refractivity (Wildman–Crippen MR) is 60.8 cm³/mol. The Morgan fingerprint density at radius 2 is 1.93 bits per heavy atom. The second-order valence-electron chi connectivity index (χ2n) is 4.35. The van der Waals surface area contributed by atoms with Crippen LogP contribution in [0.3, 0.4) is 0 Å². The topological polar surface area (TPSA) is 12.0 Å². The molecule has 1 nitrogen and oxygen atoms in total. The Hall–Kier alpha value is -0.820. The van der Waals surface area contributed by atoms with Gasteiger partial charge in [0, 0.05) is 6.54 Å². The fraction of sp³-hybridized carbons (Fsp3) is 0.538. The Balaban J connectivity index is 2.29. The van der Waals surface area contributed by atoms with Crippen molar-refractivity contribution in [3.05, 3.63) is 34.9 Å². The molecule has 0 aliphatic carbocycles. The van der Waals surface area contributed by atoms with E-state index >= 15 is 0 Å². The maximum absolute atomic E-state index is 3.49. The molecule has 0 bridgehead atoms. The number of hydrogen-bond acceptors (Lipinski definition) is 1. The maximum atomic E-state index is 3.49. The molecule has 2 rings (SSSR count). The Bertz CT molecular complexity index is 291. The minimum atomic E-state index is 0.741. The molecule has 1 atom stereocenters. The van der Waals surface area contributed by atoms with Gasteiger partial charge in [-0.3, -0.25) is 0 Å². The van der Waals surface area contributed by atoms with Crippen LogP contribution in [-0.4, -0.2) is 13.1 Å². The first-order chi connectivity index (χ1) is 6.79. The molecule has 1 aromatic carbocycles. The lowest BCUT2D eigenvalue weighted by molar-refractivity contribution is 0.459. The van der Waals surface area contributed by atoms with Gasteiger partial charge in [-0.1, -0.05) is 18.2 Å². The van der Waals surface area contributed by atoms with Gasteiger partial charge in [-0.25, -0.2) is 0 Å². The standard InChI is InChI=1S/C13H19N/c1-10-5-3-6-11(2)13(10)12-7-4-8-14-9-12/h3,5-6,12,14H,4,7-9H2,1-2H3/t12-/m0/s1. The molecule has 1 N–H and O–H groups in total. The summed E-state index contributed by atoms with van der Waals surface area (Å²) in [5.41, 5.74) is 4.50. The highest BCUT2D eigenvalue weighted by molar-refractivity contribution is 5.36. The van der Waals surface area contributed by atoms with E-state index < -0.39 is 0 Å². The summed E-state index contributed by atoms with van der Waals surface area (Å²) in [6.07, 6.45) is 2.66. The number of hydrogen-bond donors (Lipinski definition) is 1. The van der Waals surface area contributed by atoms with E-state index in [2.05, 4.69) is 37.4 Å². The highest BCUT2D eigenvalue weighted by atomic mass is 14.9. The van der Waals surface area contributed by atoms with Crippen molar-refractivity contribution in [1.29, 1.82) is 0 Å². The average Bonchev–Trinajstić information content (AvgIpc) is 2.19. The van der Waals surface area contributed by atoms with Crippen LogP contribution in [0.1, 0.15) is 35.4 Å². The van der Waals surface area contributed by atoms with Crippen LogP contribution in [-0.2, 0) is 0 Å². The van der Waals surface area contributed by atoms with Crippen molar-refractivity contribution in [2.75, 3.05) is 13.1 Å². The van der Waals surface area contributed by atoms with E-state index in [0.717, 1.165) is 12.5 Å². The third-order valence-electron chi connectivity index (χ3n) is 3.25. The third-order valence-corrected chi connectivity index (χ3v) is 3.25. The van der Waals surface area contributed by atoms with Crippen LogP contribution >= 0.6 is 0 Å². The van der Waals surface area contributed by atoms with Crippen molar-refractivity contribution in [1.82, 2.24) is 5.32 Å². The summed E-state index contributed by atoms with van der Waals surface area (Å²) in [5, 5.41) is 3.49. The summed E-state index contributed by atoms with van der Waals surface area (Å²) >= 11 is 0. The first kappa shape index (κ1) is 9.72. The highest BCUT2D eigenvalue weighted by Gasteiger charge is 2.18. The number of benzene rings is 1. The summed E-state index contributed by atoms with van der Waals surface area (Å²) in [6, 6.07) is 6.62. The van der Waals surface area contributed by atoms with Crippen LogP contribution in [0.25, 0.3) is 0 Å². The van der Waals surface area contributed by atoms with Gasteiger partial charge in [-0.05, 0) is 55.8 Å². The lowest BCUT2D eigenvalue weighted by Crippen LogP contribution is -2.29. The summed E-state index contributed by atoms with van der Waals surface area (Å²) in [5.74, 6) is 0.741. The SMILES string of the molecule is Cc1cccc(C)c1[C@H]1CCCNC1. The van der Waals surface area contributed by atoms with E-state index in [0.29, 0.717) is 0 Å². The number of aryl methyl sites for hydroxylation is 2. The van der Waals surface area contributed by atoms with Crippen LogP contribution in [0.4, 0.5) is 0 Å². The first-order valence-electron chi connectivity index (χ1n) is 5.56. The molecule has 0 spiro atoms. The van der Waals surface area contributed by atoms with E-state index in [-0.39, 0.29) is 0 Å². The van der Waals surface area contributed by atoms with Gasteiger partial charge in [0.2, 0.25) is 0 Å². The van der Waals surface area contributed by atoms with Crippen molar-refractivity contribution in [3.8, 4) is 0 Å². The Morgan fingerprint density at radius 3 is 2.50 bits per heavy atom. The Labute approximate surface area is 86.5 Å². The first-order valence-corrected chi connectivity index (χ1v) is 5.56. The van der Waals surface area contributed by atoms with Gasteiger partial charge in [0.15, 0.2) is 0 Å². The number of rotatable bonds is 1. The highest BCUT2D eigenvalue weighted by Crippen LogP contribution is 2.28. The monoisotopic (exact) mass is 189 g/mol. The molecule has 1 saturated heterocycles. The molecule has 1 aromatic rings. The quantitative estimate of drug-likeness (QED) is 0.716. The number of nitrogens with one attached hydrogen (secondary N) is 1. The van der Waals surface area contributed by atoms with Crippen molar-refractivity contribution < 1.29 is 0 Å². The summed E-state index contributed by atoms with van der Waals surface area (Å²) in [4.78, 5) is 0. The molecule has 0 amide bonds. The minimum Gasteiger partial charge on any atom is -0.316 e. The lowest BCUT2D eigenvalue weighted by Gasteiger charge is -2.26. The van der Waals surface area contributed by atoms with Gasteiger partial charge in [-0.2, -0.15) is 0 Å². The summed E-state index contributed by atoms with van der Waals surface area (Å²) in [6.45, 7) is 6.82. The van der Waals surface area contributed by atoms with Crippen molar-refractivity contribution >= 4 is 0 Å². The van der Waals surface area contributed by atoms with Gasteiger partial charge in [0.05, 0.1) is 0 Å². The van der Waals surface area contributed by atoms with E-state index in [1.807, 2.05) is 0 Å². The fourth-order valence-corrected chi connectivity index (χ4v) is 2.57. The largest absolute Gasteiger partial charge is 0.316 e. The second kappa shape index (κ2) is 4.14. The van der Waals surface area contributed by atoms with Crippen molar-refractivity contribution in [3.63, 3.8) is 0 Å². The predicted octanol–water partition coefficient (Wildman–Crippen LogP) is 2.77. The zero-order chi connectivity index (χ0) is 9.97. The van der Waals surface area contributed by atoms with E-state index in [9.17, 15) is 0 Å². The van der Waals surface area contributed by atoms with Gasteiger partial charge in [0.1, 0.15) is 0 Å². The van der Waals surface area contributed by atoms with E-state index in [1.54, 1.807) is 5.56 Å². The lowest BCUT2D eigenvalue weighted by atomic mass is 9.86. The minimum absolute atomic E-state index is 0.741. The molecular weight excluding hydrogens is 170 g/mol. The smallest absolute Gasteiger partial charge is 0.00203 e. The Morgan fingerprint density at radius 1 is 1.21 bits per heavy atom. The van der Waals surface area contributed by atoms with E-state index in [1.165, 1.54) is 30.5 Å². The summed E-state index contributed by atoms with van der Waals surface area (Å²) in [7, 11) is 0. The molecule has 0 aromatic heterocycles. The molecule has 76 valence electrons. The van der Waals surface area contributed by atoms with Gasteiger partial charge >= 0.3 is 0 Å². The third kappa shape index (κ3) is 1.83. The molecule has 1 fully saturated rings. The fourth-order valence-electron chi connectivity index (χ4n) is 2.57. The summed E-state index contributed by atoms with van der Waals surface area (Å²) < 4.78 is 0. The molecule has 14 heavy (non-hydrogen) atoms. The molecule has 1 heteroatoms. The Kier molecular flexibility index (Phi) is 2.87. The molecule has 0 unspecified atom stereocenters. The van der Waals surface area contributed by atoms with Gasteiger partial charge in [-0.15, -0.1) is 0 Å². The molecule has 0 radical (unpaired) electrons. The zero-order valence-electron chi connectivity index (χ0n) is 9.14. The molecule has 1 heterocycles. The molecule has 1 aliphatic heterocycles. The van der Waals surface area contributed by atoms with E-state index in [4.69, 9.17) is 0 Å². The molecule has 1 aliphatic rings. The van der Waals surface area contributed by atoms with Crippen LogP contribution in [0.2, 0.25) is 0 Å². The van der Waals surface area contributed by atoms with Crippen LogP contribution in [0.15, 0.2) is 18.2 Å². The van der Waals surface area contributed by atoms with Crippen molar-refractivity contribution in [2.24, 2.45) is 0 Å². The van der Waals surface area contributed by atoms with Gasteiger partial charge < -0.3 is 5.32 Å². The van der Waals surface area contributed by atoms with Crippen LogP contribution in [0, 0.1) is 13.8 Å². The zero-order valence-corrected chi connectivity index (χ0v) is 9.14. The number of piperidine rings is 1. The van der Waals surface area contributed by atoms with Crippen molar-refractivity contribution in [2.45, 2.75) is 32.6 Å². The molecular formula is C13H19N. The van der Waals surface area contributed by atoms with Crippen LogP contribution in [0.5, 0.6) is 0 Å². The van der Waals surface area contributed by atoms with Crippen LogP contribution < -0.4 is 5.32 Å². The molecule has 0 saturated carbocycles. The second-order valence-corrected chi connectivity index (χ2v) is 4.35. The maximum Gasteiger partial charge on any atom is 0.00203 e. The average molecular weight is 189 g/mol.